The standard InChI is InChI=1S/C26H36/c1-4-7-12-21-17-19-26(20-18-21,24-15-10-8-13-22(24)5-2)25-16-11-9-14-23(25)6-3/h8-11,13-16,21H,4-7,12,17-20H2,1-3H3. The lowest BCUT2D eigenvalue weighted by Gasteiger charge is -2.43. The zero-order valence-corrected chi connectivity index (χ0v) is 17.1. The fourth-order valence-corrected chi connectivity index (χ4v) is 5.23. The monoisotopic (exact) mass is 348 g/mol. The van der Waals surface area contributed by atoms with E-state index < -0.39 is 0 Å². The van der Waals surface area contributed by atoms with Gasteiger partial charge >= 0.3 is 0 Å². The van der Waals surface area contributed by atoms with Crippen LogP contribution in [0.3, 0.4) is 0 Å². The second kappa shape index (κ2) is 8.89. The van der Waals surface area contributed by atoms with Crippen molar-refractivity contribution in [2.75, 3.05) is 0 Å². The van der Waals surface area contributed by atoms with Crippen LogP contribution in [0.1, 0.15) is 88.0 Å². The molecule has 0 heterocycles. The van der Waals surface area contributed by atoms with Crippen LogP contribution in [0.25, 0.3) is 0 Å². The molecule has 0 aliphatic heterocycles. The molecule has 1 fully saturated rings. The lowest BCUT2D eigenvalue weighted by molar-refractivity contribution is 0.249. The van der Waals surface area contributed by atoms with E-state index in [1.165, 1.54) is 44.9 Å². The average molecular weight is 349 g/mol. The van der Waals surface area contributed by atoms with Gasteiger partial charge in [-0.25, -0.2) is 0 Å². The Morgan fingerprint density at radius 3 is 1.73 bits per heavy atom. The van der Waals surface area contributed by atoms with Crippen LogP contribution in [0.5, 0.6) is 0 Å². The molecule has 0 bridgehead atoms. The number of benzene rings is 2. The molecule has 0 amide bonds. The zero-order valence-electron chi connectivity index (χ0n) is 17.1. The van der Waals surface area contributed by atoms with E-state index >= 15 is 0 Å². The molecular formula is C26H36. The maximum absolute atomic E-state index is 2.43. The van der Waals surface area contributed by atoms with Gasteiger partial charge in [-0.15, -0.1) is 0 Å². The fourth-order valence-electron chi connectivity index (χ4n) is 5.23. The number of rotatable bonds is 7. The predicted octanol–water partition coefficient (Wildman–Crippen LogP) is 7.48. The van der Waals surface area contributed by atoms with Gasteiger partial charge in [0.2, 0.25) is 0 Å². The van der Waals surface area contributed by atoms with Gasteiger partial charge in [0.15, 0.2) is 0 Å². The Bertz CT molecular complexity index is 639. The van der Waals surface area contributed by atoms with Gasteiger partial charge < -0.3 is 0 Å². The second-order valence-electron chi connectivity index (χ2n) is 8.19. The third-order valence-electron chi connectivity index (χ3n) is 6.75. The second-order valence-corrected chi connectivity index (χ2v) is 8.19. The molecule has 0 N–H and O–H groups in total. The molecule has 26 heavy (non-hydrogen) atoms. The highest BCUT2D eigenvalue weighted by Crippen LogP contribution is 2.49. The van der Waals surface area contributed by atoms with Crippen LogP contribution in [0, 0.1) is 5.92 Å². The highest BCUT2D eigenvalue weighted by atomic mass is 14.4. The van der Waals surface area contributed by atoms with Crippen LogP contribution < -0.4 is 0 Å². The first kappa shape index (κ1) is 19.2. The summed E-state index contributed by atoms with van der Waals surface area (Å²) in [4.78, 5) is 0. The van der Waals surface area contributed by atoms with Gasteiger partial charge in [-0.1, -0.05) is 88.6 Å². The Morgan fingerprint density at radius 1 is 0.769 bits per heavy atom. The highest BCUT2D eigenvalue weighted by Gasteiger charge is 2.40. The largest absolute Gasteiger partial charge is 0.0654 e. The van der Waals surface area contributed by atoms with Crippen molar-refractivity contribution in [2.45, 2.75) is 84.0 Å². The molecule has 0 atom stereocenters. The molecule has 1 saturated carbocycles. The summed E-state index contributed by atoms with van der Waals surface area (Å²) in [5, 5.41) is 0. The van der Waals surface area contributed by atoms with Gasteiger partial charge in [-0.2, -0.15) is 0 Å². The predicted molar refractivity (Wildman–Crippen MR) is 114 cm³/mol. The molecule has 0 spiro atoms. The summed E-state index contributed by atoms with van der Waals surface area (Å²) in [6.07, 6.45) is 11.8. The minimum Gasteiger partial charge on any atom is -0.0654 e. The van der Waals surface area contributed by atoms with Crippen LogP contribution in [-0.2, 0) is 18.3 Å². The van der Waals surface area contributed by atoms with E-state index in [4.69, 9.17) is 0 Å². The first-order chi connectivity index (χ1) is 12.7. The van der Waals surface area contributed by atoms with E-state index in [0.29, 0.717) is 0 Å². The van der Waals surface area contributed by atoms with Crippen molar-refractivity contribution in [1.82, 2.24) is 0 Å². The minimum atomic E-state index is 0.224. The van der Waals surface area contributed by atoms with Gasteiger partial charge in [0.1, 0.15) is 0 Å². The Kier molecular flexibility index (Phi) is 6.57. The Balaban J connectivity index is 2.03. The summed E-state index contributed by atoms with van der Waals surface area (Å²) in [6, 6.07) is 18.5. The SMILES string of the molecule is CCCCC1CCC(c2ccccc2CC)(c2ccccc2CC)CC1. The number of hydrogen-bond donors (Lipinski definition) is 0. The minimum absolute atomic E-state index is 0.224. The molecule has 2 aromatic rings. The normalized spacial score (nSPS) is 17.3. The first-order valence-corrected chi connectivity index (χ1v) is 10.9. The molecule has 3 rings (SSSR count). The molecule has 0 heteroatoms. The van der Waals surface area contributed by atoms with Crippen molar-refractivity contribution < 1.29 is 0 Å². The third-order valence-corrected chi connectivity index (χ3v) is 6.75. The van der Waals surface area contributed by atoms with Gasteiger partial charge in [0, 0.05) is 5.41 Å². The van der Waals surface area contributed by atoms with Crippen molar-refractivity contribution in [3.05, 3.63) is 70.8 Å². The Hall–Kier alpha value is -1.56. The third kappa shape index (κ3) is 3.75. The Morgan fingerprint density at radius 2 is 1.27 bits per heavy atom. The molecule has 0 aromatic heterocycles. The van der Waals surface area contributed by atoms with Crippen LogP contribution in [0.15, 0.2) is 48.5 Å². The molecular weight excluding hydrogens is 312 g/mol. The summed E-state index contributed by atoms with van der Waals surface area (Å²) in [5.74, 6) is 0.936. The molecule has 0 radical (unpaired) electrons. The number of aryl methyl sites for hydroxylation is 2. The van der Waals surface area contributed by atoms with Crippen LogP contribution in [0.4, 0.5) is 0 Å². The molecule has 2 aromatic carbocycles. The first-order valence-electron chi connectivity index (χ1n) is 10.9. The molecule has 0 saturated heterocycles. The fraction of sp³-hybridized carbons (Fsp3) is 0.538. The molecule has 0 nitrogen and oxygen atoms in total. The van der Waals surface area contributed by atoms with E-state index in [2.05, 4.69) is 69.3 Å². The average Bonchev–Trinajstić information content (AvgIpc) is 2.72. The van der Waals surface area contributed by atoms with Crippen LogP contribution in [-0.4, -0.2) is 0 Å². The summed E-state index contributed by atoms with van der Waals surface area (Å²) in [7, 11) is 0. The molecule has 140 valence electrons. The van der Waals surface area contributed by atoms with E-state index in [0.717, 1.165) is 18.8 Å². The topological polar surface area (TPSA) is 0 Å². The molecule has 1 aliphatic rings. The lowest BCUT2D eigenvalue weighted by atomic mass is 9.60. The van der Waals surface area contributed by atoms with Crippen molar-refractivity contribution in [3.63, 3.8) is 0 Å². The summed E-state index contributed by atoms with van der Waals surface area (Å²) in [6.45, 7) is 6.94. The van der Waals surface area contributed by atoms with Crippen LogP contribution in [0.2, 0.25) is 0 Å². The van der Waals surface area contributed by atoms with Crippen LogP contribution >= 0.6 is 0 Å². The van der Waals surface area contributed by atoms with E-state index in [1.54, 1.807) is 22.3 Å². The Labute approximate surface area is 161 Å². The highest BCUT2D eigenvalue weighted by molar-refractivity contribution is 5.47. The van der Waals surface area contributed by atoms with Crippen molar-refractivity contribution in [1.29, 1.82) is 0 Å². The van der Waals surface area contributed by atoms with E-state index in [-0.39, 0.29) is 5.41 Å². The van der Waals surface area contributed by atoms with E-state index in [9.17, 15) is 0 Å². The number of unbranched alkanes of at least 4 members (excludes halogenated alkanes) is 1. The maximum Gasteiger partial charge on any atom is 0.0208 e. The van der Waals surface area contributed by atoms with E-state index in [1.807, 2.05) is 0 Å². The zero-order chi connectivity index (χ0) is 18.4. The maximum atomic E-state index is 2.43. The molecule has 1 aliphatic carbocycles. The van der Waals surface area contributed by atoms with Gasteiger partial charge in [-0.3, -0.25) is 0 Å². The van der Waals surface area contributed by atoms with Crippen molar-refractivity contribution in [2.24, 2.45) is 5.92 Å². The summed E-state index contributed by atoms with van der Waals surface area (Å²) < 4.78 is 0. The van der Waals surface area contributed by atoms with Crippen molar-refractivity contribution >= 4 is 0 Å². The van der Waals surface area contributed by atoms with Crippen molar-refractivity contribution in [3.8, 4) is 0 Å². The summed E-state index contributed by atoms with van der Waals surface area (Å²) in [5.41, 5.74) is 6.53. The summed E-state index contributed by atoms with van der Waals surface area (Å²) >= 11 is 0. The van der Waals surface area contributed by atoms with Gasteiger partial charge in [-0.05, 0) is 66.7 Å². The van der Waals surface area contributed by atoms with Gasteiger partial charge in [0.25, 0.3) is 0 Å². The van der Waals surface area contributed by atoms with Gasteiger partial charge in [0.05, 0.1) is 0 Å². The smallest absolute Gasteiger partial charge is 0.0208 e. The molecule has 0 unspecified atom stereocenters. The lowest BCUT2D eigenvalue weighted by Crippen LogP contribution is -2.35. The number of hydrogen-bond acceptors (Lipinski definition) is 0. The quantitative estimate of drug-likeness (QED) is 0.486.